The maximum atomic E-state index is 11.7. The van der Waals surface area contributed by atoms with Gasteiger partial charge in [-0.25, -0.2) is 0 Å². The SMILES string of the molecule is CC(C)(C)CC(N)CC(=O)Cc1ccco1. The number of Topliss-reactive ketones (excluding diaryl/α,β-unsaturated/α-hetero) is 1. The zero-order valence-corrected chi connectivity index (χ0v) is 10.3. The van der Waals surface area contributed by atoms with Crippen LogP contribution in [0.5, 0.6) is 0 Å². The molecule has 0 aliphatic heterocycles. The van der Waals surface area contributed by atoms with E-state index in [9.17, 15) is 4.79 Å². The molecule has 0 bridgehead atoms. The van der Waals surface area contributed by atoms with E-state index >= 15 is 0 Å². The quantitative estimate of drug-likeness (QED) is 0.834. The molecule has 0 aliphatic carbocycles. The summed E-state index contributed by atoms with van der Waals surface area (Å²) in [5.74, 6) is 0.861. The second-order valence-electron chi connectivity index (χ2n) is 5.52. The van der Waals surface area contributed by atoms with Gasteiger partial charge in [-0.3, -0.25) is 4.79 Å². The van der Waals surface area contributed by atoms with Crippen molar-refractivity contribution >= 4 is 5.78 Å². The molecule has 0 amide bonds. The van der Waals surface area contributed by atoms with E-state index in [0.717, 1.165) is 6.42 Å². The molecule has 1 aromatic rings. The molecule has 0 radical (unpaired) electrons. The lowest BCUT2D eigenvalue weighted by molar-refractivity contribution is -0.119. The first-order chi connectivity index (χ1) is 7.37. The Bertz CT molecular complexity index is 322. The molecule has 0 aromatic carbocycles. The van der Waals surface area contributed by atoms with E-state index in [2.05, 4.69) is 20.8 Å². The van der Waals surface area contributed by atoms with Gasteiger partial charge in [0.1, 0.15) is 11.5 Å². The van der Waals surface area contributed by atoms with Gasteiger partial charge in [0, 0.05) is 12.5 Å². The molecule has 0 saturated heterocycles. The van der Waals surface area contributed by atoms with Crippen LogP contribution in [0.15, 0.2) is 22.8 Å². The van der Waals surface area contributed by atoms with E-state index in [4.69, 9.17) is 10.2 Å². The van der Waals surface area contributed by atoms with Crippen molar-refractivity contribution in [1.82, 2.24) is 0 Å². The fourth-order valence-electron chi connectivity index (χ4n) is 1.83. The van der Waals surface area contributed by atoms with E-state index in [1.54, 1.807) is 12.3 Å². The summed E-state index contributed by atoms with van der Waals surface area (Å²) in [6.45, 7) is 6.39. The highest BCUT2D eigenvalue weighted by Crippen LogP contribution is 2.21. The molecule has 16 heavy (non-hydrogen) atoms. The highest BCUT2D eigenvalue weighted by Gasteiger charge is 2.18. The lowest BCUT2D eigenvalue weighted by atomic mass is 9.86. The van der Waals surface area contributed by atoms with E-state index in [1.807, 2.05) is 6.07 Å². The molecule has 1 aromatic heterocycles. The van der Waals surface area contributed by atoms with E-state index in [0.29, 0.717) is 18.6 Å². The van der Waals surface area contributed by atoms with Gasteiger partial charge in [0.25, 0.3) is 0 Å². The lowest BCUT2D eigenvalue weighted by Gasteiger charge is -2.22. The van der Waals surface area contributed by atoms with Gasteiger partial charge >= 0.3 is 0 Å². The number of furan rings is 1. The topological polar surface area (TPSA) is 56.2 Å². The molecule has 1 atom stereocenters. The van der Waals surface area contributed by atoms with Gasteiger partial charge < -0.3 is 10.2 Å². The lowest BCUT2D eigenvalue weighted by Crippen LogP contribution is -2.29. The fraction of sp³-hybridized carbons (Fsp3) is 0.615. The Hall–Kier alpha value is -1.09. The first kappa shape index (κ1) is 13.0. The second kappa shape index (κ2) is 5.30. The Kier molecular flexibility index (Phi) is 4.30. The van der Waals surface area contributed by atoms with Gasteiger partial charge in [0.05, 0.1) is 12.7 Å². The summed E-state index contributed by atoms with van der Waals surface area (Å²) >= 11 is 0. The summed E-state index contributed by atoms with van der Waals surface area (Å²) in [6, 6.07) is 3.55. The van der Waals surface area contributed by atoms with Crippen LogP contribution in [0.4, 0.5) is 0 Å². The minimum atomic E-state index is -0.0533. The largest absolute Gasteiger partial charge is 0.469 e. The number of nitrogens with two attached hydrogens (primary N) is 1. The predicted octanol–water partition coefficient (Wildman–Crippen LogP) is 2.54. The number of ketones is 1. The number of carbonyl (C=O) groups is 1. The van der Waals surface area contributed by atoms with Crippen LogP contribution in [0.1, 0.15) is 39.4 Å². The van der Waals surface area contributed by atoms with Gasteiger partial charge in [-0.1, -0.05) is 20.8 Å². The Morgan fingerprint density at radius 1 is 1.50 bits per heavy atom. The van der Waals surface area contributed by atoms with Crippen LogP contribution in [0, 0.1) is 5.41 Å². The van der Waals surface area contributed by atoms with Gasteiger partial charge in [0.15, 0.2) is 0 Å². The van der Waals surface area contributed by atoms with Crippen LogP contribution in [0.25, 0.3) is 0 Å². The molecule has 90 valence electrons. The Balaban J connectivity index is 2.34. The van der Waals surface area contributed by atoms with Crippen molar-refractivity contribution in [2.75, 3.05) is 0 Å². The molecule has 1 heterocycles. The normalized spacial score (nSPS) is 13.8. The van der Waals surface area contributed by atoms with Crippen LogP contribution >= 0.6 is 0 Å². The highest BCUT2D eigenvalue weighted by atomic mass is 16.3. The van der Waals surface area contributed by atoms with Crippen molar-refractivity contribution in [2.24, 2.45) is 11.1 Å². The average molecular weight is 223 g/mol. The summed E-state index contributed by atoms with van der Waals surface area (Å²) in [7, 11) is 0. The monoisotopic (exact) mass is 223 g/mol. The minimum absolute atomic E-state index is 0.0533. The Morgan fingerprint density at radius 2 is 2.19 bits per heavy atom. The molecule has 3 nitrogen and oxygen atoms in total. The van der Waals surface area contributed by atoms with Crippen molar-refractivity contribution in [3.05, 3.63) is 24.2 Å². The molecular formula is C13H21NO2. The minimum Gasteiger partial charge on any atom is -0.469 e. The van der Waals surface area contributed by atoms with Crippen LogP contribution in [-0.4, -0.2) is 11.8 Å². The first-order valence-electron chi connectivity index (χ1n) is 5.66. The van der Waals surface area contributed by atoms with E-state index in [1.165, 1.54) is 0 Å². The fourth-order valence-corrected chi connectivity index (χ4v) is 1.83. The summed E-state index contributed by atoms with van der Waals surface area (Å²) in [5, 5.41) is 0. The van der Waals surface area contributed by atoms with Crippen LogP contribution in [0.2, 0.25) is 0 Å². The zero-order valence-electron chi connectivity index (χ0n) is 10.3. The molecule has 0 fully saturated rings. The van der Waals surface area contributed by atoms with Crippen LogP contribution in [0.3, 0.4) is 0 Å². The summed E-state index contributed by atoms with van der Waals surface area (Å²) < 4.78 is 5.12. The maximum absolute atomic E-state index is 11.7. The summed E-state index contributed by atoms with van der Waals surface area (Å²) in [4.78, 5) is 11.7. The third-order valence-electron chi connectivity index (χ3n) is 2.32. The van der Waals surface area contributed by atoms with E-state index in [-0.39, 0.29) is 17.2 Å². The molecule has 0 aliphatic rings. The molecule has 1 unspecified atom stereocenters. The molecule has 0 saturated carbocycles. The smallest absolute Gasteiger partial charge is 0.141 e. The summed E-state index contributed by atoms with van der Waals surface area (Å²) in [6.07, 6.45) is 3.22. The standard InChI is InChI=1S/C13H21NO2/c1-13(2,3)9-10(14)7-11(15)8-12-5-4-6-16-12/h4-6,10H,7-9,14H2,1-3H3. The number of carbonyl (C=O) groups excluding carboxylic acids is 1. The van der Waals surface area contributed by atoms with E-state index < -0.39 is 0 Å². The predicted molar refractivity (Wildman–Crippen MR) is 64.1 cm³/mol. The molecule has 0 spiro atoms. The molecular weight excluding hydrogens is 202 g/mol. The van der Waals surface area contributed by atoms with Crippen molar-refractivity contribution in [3.63, 3.8) is 0 Å². The third kappa shape index (κ3) is 5.12. The summed E-state index contributed by atoms with van der Waals surface area (Å²) in [5.41, 5.74) is 6.11. The van der Waals surface area contributed by atoms with Crippen molar-refractivity contribution in [2.45, 2.75) is 46.1 Å². The van der Waals surface area contributed by atoms with Crippen molar-refractivity contribution in [3.8, 4) is 0 Å². The molecule has 1 rings (SSSR count). The van der Waals surface area contributed by atoms with Crippen LogP contribution in [-0.2, 0) is 11.2 Å². The van der Waals surface area contributed by atoms with Crippen molar-refractivity contribution in [1.29, 1.82) is 0 Å². The zero-order chi connectivity index (χ0) is 12.2. The van der Waals surface area contributed by atoms with Gasteiger partial charge in [0.2, 0.25) is 0 Å². The Morgan fingerprint density at radius 3 is 2.69 bits per heavy atom. The second-order valence-corrected chi connectivity index (χ2v) is 5.52. The first-order valence-corrected chi connectivity index (χ1v) is 5.66. The average Bonchev–Trinajstić information content (AvgIpc) is 2.51. The van der Waals surface area contributed by atoms with Gasteiger partial charge in [-0.15, -0.1) is 0 Å². The molecule has 3 heteroatoms. The maximum Gasteiger partial charge on any atom is 0.141 e. The molecule has 2 N–H and O–H groups in total. The Labute approximate surface area is 97.0 Å². The van der Waals surface area contributed by atoms with Gasteiger partial charge in [-0.05, 0) is 24.0 Å². The van der Waals surface area contributed by atoms with Crippen LogP contribution < -0.4 is 5.73 Å². The third-order valence-corrected chi connectivity index (χ3v) is 2.32. The number of rotatable bonds is 5. The number of hydrogen-bond donors (Lipinski definition) is 1. The van der Waals surface area contributed by atoms with Crippen molar-refractivity contribution < 1.29 is 9.21 Å². The highest BCUT2D eigenvalue weighted by molar-refractivity contribution is 5.80. The number of hydrogen-bond acceptors (Lipinski definition) is 3. The van der Waals surface area contributed by atoms with Gasteiger partial charge in [-0.2, -0.15) is 0 Å².